The summed E-state index contributed by atoms with van der Waals surface area (Å²) in [5, 5.41) is 7.01. The van der Waals surface area contributed by atoms with Gasteiger partial charge in [0.15, 0.2) is 5.96 Å². The van der Waals surface area contributed by atoms with Crippen molar-refractivity contribution in [3.05, 3.63) is 0 Å². The lowest BCUT2D eigenvalue weighted by Crippen LogP contribution is -2.44. The molecule has 1 unspecified atom stereocenters. The smallest absolute Gasteiger partial charge is 0.191 e. The van der Waals surface area contributed by atoms with E-state index in [9.17, 15) is 0 Å². The Morgan fingerprint density at radius 3 is 2.50 bits per heavy atom. The van der Waals surface area contributed by atoms with Crippen molar-refractivity contribution in [2.45, 2.75) is 63.5 Å². The number of nitrogens with zero attached hydrogens (tertiary/aromatic N) is 1. The number of hydrogen-bond acceptors (Lipinski definition) is 3. The van der Waals surface area contributed by atoms with Gasteiger partial charge in [-0.3, -0.25) is 4.99 Å². The van der Waals surface area contributed by atoms with Crippen LogP contribution in [0.5, 0.6) is 0 Å². The third-order valence-electron chi connectivity index (χ3n) is 5.35. The normalized spacial score (nSPS) is 26.2. The van der Waals surface area contributed by atoms with Crippen LogP contribution in [0.15, 0.2) is 4.99 Å². The molecule has 1 saturated carbocycles. The van der Waals surface area contributed by atoms with Crippen LogP contribution in [0.1, 0.15) is 58.8 Å². The molecule has 0 aromatic rings. The zero-order chi connectivity index (χ0) is 16.6. The Morgan fingerprint density at radius 2 is 1.92 bits per heavy atom. The highest BCUT2D eigenvalue weighted by Gasteiger charge is 2.33. The fraction of sp³-hybridized carbons (Fsp3) is 0.944. The van der Waals surface area contributed by atoms with Crippen LogP contribution in [-0.4, -0.2) is 49.8 Å². The standard InChI is InChI=1S/C18H35N3OS.HI/c1-4-19-16(20-14-17(2)8-7-13-23-17)21-15-18(11-12-22-3)9-5-6-10-18;/h4-15H2,1-3H3,(H2,19,20,21);1H. The summed E-state index contributed by atoms with van der Waals surface area (Å²) in [6, 6.07) is 0. The van der Waals surface area contributed by atoms with Crippen molar-refractivity contribution >= 4 is 41.7 Å². The Morgan fingerprint density at radius 1 is 1.17 bits per heavy atom. The van der Waals surface area contributed by atoms with Crippen LogP contribution in [0.2, 0.25) is 0 Å². The second-order valence-electron chi connectivity index (χ2n) is 7.40. The van der Waals surface area contributed by atoms with Gasteiger partial charge in [-0.1, -0.05) is 12.8 Å². The van der Waals surface area contributed by atoms with Gasteiger partial charge >= 0.3 is 0 Å². The molecule has 142 valence electrons. The third kappa shape index (κ3) is 6.90. The van der Waals surface area contributed by atoms with E-state index in [1.54, 1.807) is 7.11 Å². The molecule has 1 atom stereocenters. The number of nitrogens with one attached hydrogen (secondary N) is 2. The predicted octanol–water partition coefficient (Wildman–Crippen LogP) is 4.04. The van der Waals surface area contributed by atoms with E-state index < -0.39 is 0 Å². The van der Waals surface area contributed by atoms with E-state index >= 15 is 0 Å². The molecule has 1 saturated heterocycles. The molecule has 4 nitrogen and oxygen atoms in total. The van der Waals surface area contributed by atoms with Crippen LogP contribution in [0.25, 0.3) is 0 Å². The summed E-state index contributed by atoms with van der Waals surface area (Å²) >= 11 is 2.10. The lowest BCUT2D eigenvalue weighted by atomic mass is 9.83. The summed E-state index contributed by atoms with van der Waals surface area (Å²) in [7, 11) is 1.80. The summed E-state index contributed by atoms with van der Waals surface area (Å²) < 4.78 is 5.70. The van der Waals surface area contributed by atoms with Gasteiger partial charge in [-0.15, -0.1) is 24.0 Å². The number of aliphatic imine (C=N–C) groups is 1. The summed E-state index contributed by atoms with van der Waals surface area (Å²) in [5.74, 6) is 2.29. The van der Waals surface area contributed by atoms with Crippen molar-refractivity contribution < 1.29 is 4.74 Å². The molecule has 24 heavy (non-hydrogen) atoms. The summed E-state index contributed by atoms with van der Waals surface area (Å²) in [6.45, 7) is 8.22. The van der Waals surface area contributed by atoms with Crippen molar-refractivity contribution in [2.75, 3.05) is 39.1 Å². The molecule has 2 aliphatic rings. The van der Waals surface area contributed by atoms with Gasteiger partial charge in [0.1, 0.15) is 0 Å². The molecule has 0 aromatic carbocycles. The van der Waals surface area contributed by atoms with E-state index in [0.717, 1.165) is 38.6 Å². The van der Waals surface area contributed by atoms with Gasteiger partial charge in [-0.2, -0.15) is 11.8 Å². The average molecular weight is 469 g/mol. The number of ether oxygens (including phenoxy) is 1. The molecular weight excluding hydrogens is 433 g/mol. The number of guanidine groups is 1. The molecule has 1 heterocycles. The van der Waals surface area contributed by atoms with Gasteiger partial charge in [0.05, 0.1) is 0 Å². The topological polar surface area (TPSA) is 45.7 Å². The average Bonchev–Trinajstić information content (AvgIpc) is 3.19. The highest BCUT2D eigenvalue weighted by atomic mass is 127. The first-order chi connectivity index (χ1) is 11.1. The monoisotopic (exact) mass is 469 g/mol. The van der Waals surface area contributed by atoms with Crippen molar-refractivity contribution in [2.24, 2.45) is 10.4 Å². The molecule has 0 radical (unpaired) electrons. The van der Waals surface area contributed by atoms with E-state index in [1.165, 1.54) is 44.3 Å². The molecule has 2 N–H and O–H groups in total. The minimum atomic E-state index is 0. The van der Waals surface area contributed by atoms with Crippen LogP contribution in [0.3, 0.4) is 0 Å². The molecule has 0 spiro atoms. The van der Waals surface area contributed by atoms with E-state index in [-0.39, 0.29) is 24.0 Å². The molecule has 0 amide bonds. The molecular formula is C18H36IN3OS. The van der Waals surface area contributed by atoms with E-state index in [0.29, 0.717) is 10.2 Å². The number of methoxy groups -OCH3 is 1. The maximum Gasteiger partial charge on any atom is 0.191 e. The van der Waals surface area contributed by atoms with Crippen LogP contribution in [-0.2, 0) is 4.74 Å². The van der Waals surface area contributed by atoms with Gasteiger partial charge in [0.25, 0.3) is 0 Å². The Bertz CT molecular complexity index is 380. The molecule has 1 aliphatic carbocycles. The van der Waals surface area contributed by atoms with Crippen molar-refractivity contribution in [3.8, 4) is 0 Å². The highest BCUT2D eigenvalue weighted by Crippen LogP contribution is 2.41. The maximum absolute atomic E-state index is 5.33. The Balaban J connectivity index is 0.00000288. The van der Waals surface area contributed by atoms with Crippen LogP contribution < -0.4 is 10.6 Å². The van der Waals surface area contributed by atoms with E-state index in [2.05, 4.69) is 36.2 Å². The second kappa shape index (κ2) is 11.1. The maximum atomic E-state index is 5.33. The van der Waals surface area contributed by atoms with Gasteiger partial charge in [-0.25, -0.2) is 0 Å². The fourth-order valence-corrected chi connectivity index (χ4v) is 5.01. The number of hydrogen-bond donors (Lipinski definition) is 2. The Hall–Kier alpha value is 0.310. The van der Waals surface area contributed by atoms with Gasteiger partial charge in [0.2, 0.25) is 0 Å². The first kappa shape index (κ1) is 22.4. The lowest BCUT2D eigenvalue weighted by Gasteiger charge is -2.28. The number of rotatable bonds is 8. The van der Waals surface area contributed by atoms with E-state index in [4.69, 9.17) is 9.73 Å². The van der Waals surface area contributed by atoms with Crippen LogP contribution in [0.4, 0.5) is 0 Å². The number of thioether (sulfide) groups is 1. The van der Waals surface area contributed by atoms with Gasteiger partial charge < -0.3 is 15.4 Å². The minimum Gasteiger partial charge on any atom is -0.385 e. The minimum absolute atomic E-state index is 0. The quantitative estimate of drug-likeness (QED) is 0.320. The summed E-state index contributed by atoms with van der Waals surface area (Å²) in [4.78, 5) is 4.94. The SMILES string of the molecule is CCNC(=NCC1(CCOC)CCCC1)NCC1(C)CCCS1.I. The second-order valence-corrected chi connectivity index (χ2v) is 9.08. The molecule has 2 fully saturated rings. The van der Waals surface area contributed by atoms with Crippen LogP contribution >= 0.6 is 35.7 Å². The zero-order valence-corrected chi connectivity index (χ0v) is 18.8. The van der Waals surface area contributed by atoms with Gasteiger partial charge in [0, 0.05) is 38.1 Å². The Kier molecular flexibility index (Phi) is 10.4. The van der Waals surface area contributed by atoms with E-state index in [1.807, 2.05) is 0 Å². The largest absolute Gasteiger partial charge is 0.385 e. The van der Waals surface area contributed by atoms with Crippen molar-refractivity contribution in [1.82, 2.24) is 10.6 Å². The molecule has 0 aromatic heterocycles. The predicted molar refractivity (Wildman–Crippen MR) is 117 cm³/mol. The zero-order valence-electron chi connectivity index (χ0n) is 15.7. The highest BCUT2D eigenvalue weighted by molar-refractivity contribution is 14.0. The summed E-state index contributed by atoms with van der Waals surface area (Å²) in [6.07, 6.45) is 9.08. The molecule has 2 rings (SSSR count). The van der Waals surface area contributed by atoms with Crippen molar-refractivity contribution in [3.63, 3.8) is 0 Å². The molecule has 1 aliphatic heterocycles. The molecule has 0 bridgehead atoms. The first-order valence-electron chi connectivity index (χ1n) is 9.27. The van der Waals surface area contributed by atoms with Gasteiger partial charge in [-0.05, 0) is 57.1 Å². The van der Waals surface area contributed by atoms with Crippen molar-refractivity contribution in [1.29, 1.82) is 0 Å². The molecule has 6 heteroatoms. The summed E-state index contributed by atoms with van der Waals surface area (Å²) in [5.41, 5.74) is 0.365. The van der Waals surface area contributed by atoms with Crippen LogP contribution in [0, 0.1) is 5.41 Å². The third-order valence-corrected chi connectivity index (χ3v) is 6.89. The lowest BCUT2D eigenvalue weighted by molar-refractivity contribution is 0.141. The first-order valence-corrected chi connectivity index (χ1v) is 10.3. The fourth-order valence-electron chi connectivity index (χ4n) is 3.77. The Labute approximate surface area is 169 Å². The number of halogens is 1.